The maximum Gasteiger partial charge on any atom is 0.408 e. The number of imide groups is 1. The lowest BCUT2D eigenvalue weighted by Crippen LogP contribution is -2.59. The van der Waals surface area contributed by atoms with E-state index in [0.29, 0.717) is 13.0 Å². The summed E-state index contributed by atoms with van der Waals surface area (Å²) in [6.45, 7) is 5.91. The molecular weight excluding hydrogens is 510 g/mol. The van der Waals surface area contributed by atoms with Gasteiger partial charge in [-0.25, -0.2) is 9.59 Å². The minimum absolute atomic E-state index is 0.121. The number of carbonyl (C=O) groups is 4. The van der Waals surface area contributed by atoms with Gasteiger partial charge in [0.15, 0.2) is 0 Å². The van der Waals surface area contributed by atoms with Crippen LogP contribution < -0.4 is 10.6 Å². The fraction of sp³-hybridized carbons (Fsp3) is 0.400. The Morgan fingerprint density at radius 1 is 1.07 bits per heavy atom. The molecule has 0 bridgehead atoms. The fourth-order valence-electron chi connectivity index (χ4n) is 5.45. The van der Waals surface area contributed by atoms with E-state index in [1.54, 1.807) is 25.7 Å². The van der Waals surface area contributed by atoms with Gasteiger partial charge in [0, 0.05) is 36.5 Å². The molecular formula is C30H35N5O5. The number of nitrogens with zero attached hydrogens (tertiary/aromatic N) is 2. The van der Waals surface area contributed by atoms with Gasteiger partial charge in [-0.3, -0.25) is 14.5 Å². The predicted octanol–water partition coefficient (Wildman–Crippen LogP) is 3.72. The van der Waals surface area contributed by atoms with Crippen LogP contribution in [-0.4, -0.2) is 69.0 Å². The first kappa shape index (κ1) is 27.2. The highest BCUT2D eigenvalue weighted by Gasteiger charge is 2.46. The minimum atomic E-state index is -0.923. The smallest absolute Gasteiger partial charge is 0.408 e. The molecule has 3 aromatic rings. The Kier molecular flexibility index (Phi) is 7.51. The van der Waals surface area contributed by atoms with Crippen LogP contribution in [0.4, 0.5) is 9.59 Å². The van der Waals surface area contributed by atoms with Crippen LogP contribution in [0.3, 0.4) is 0 Å². The number of para-hydroxylation sites is 1. The van der Waals surface area contributed by atoms with Crippen molar-refractivity contribution in [1.29, 1.82) is 0 Å². The zero-order valence-electron chi connectivity index (χ0n) is 23.0. The number of rotatable bonds is 7. The molecule has 2 aromatic carbocycles. The monoisotopic (exact) mass is 545 g/mol. The molecule has 2 fully saturated rings. The first-order chi connectivity index (χ1) is 19.1. The van der Waals surface area contributed by atoms with Crippen LogP contribution in [0.25, 0.3) is 10.9 Å². The maximum atomic E-state index is 13.6. The van der Waals surface area contributed by atoms with Gasteiger partial charge in [-0.2, -0.15) is 0 Å². The van der Waals surface area contributed by atoms with Crippen molar-refractivity contribution < 1.29 is 23.9 Å². The fourth-order valence-corrected chi connectivity index (χ4v) is 5.45. The third-order valence-corrected chi connectivity index (χ3v) is 7.32. The second-order valence-electron chi connectivity index (χ2n) is 11.4. The van der Waals surface area contributed by atoms with E-state index in [1.807, 2.05) is 60.8 Å². The number of ether oxygens (including phenoxy) is 1. The highest BCUT2D eigenvalue weighted by Crippen LogP contribution is 2.29. The standard InChI is InChI=1S/C30H35N5O5/c1-30(2,3)40-28(38)33-24(15-20-17-31-22-12-8-7-11-21(20)22)27(37)32-23-13-14-34-25(23)16-26(36)35(29(34)39)18-19-9-5-4-6-10-19/h4-12,17,23-25,31H,13-16,18H2,1-3H3,(H,32,37)(H,33,38)/t23-,24+,25+/m0/s1. The molecule has 5 amide bonds. The van der Waals surface area contributed by atoms with Crippen LogP contribution in [0.5, 0.6) is 0 Å². The number of H-pyrrole nitrogens is 1. The largest absolute Gasteiger partial charge is 0.444 e. The molecule has 40 heavy (non-hydrogen) atoms. The number of benzene rings is 2. The summed E-state index contributed by atoms with van der Waals surface area (Å²) in [6, 6.07) is 15.0. The van der Waals surface area contributed by atoms with Gasteiger partial charge in [-0.1, -0.05) is 48.5 Å². The molecule has 210 valence electrons. The van der Waals surface area contributed by atoms with E-state index in [1.165, 1.54) is 4.90 Å². The molecule has 3 N–H and O–H groups in total. The SMILES string of the molecule is CC(C)(C)OC(=O)N[C@H](Cc1c[nH]c2ccccc12)C(=O)N[C@H]1CCN2C(=O)N(Cc3ccccc3)C(=O)C[C@H]12. The number of alkyl carbamates (subject to hydrolysis) is 1. The third-order valence-electron chi connectivity index (χ3n) is 7.32. The quantitative estimate of drug-likeness (QED) is 0.418. The van der Waals surface area contributed by atoms with Crippen molar-refractivity contribution in [2.24, 2.45) is 0 Å². The van der Waals surface area contributed by atoms with E-state index in [-0.39, 0.29) is 31.3 Å². The van der Waals surface area contributed by atoms with E-state index in [0.717, 1.165) is 22.0 Å². The second kappa shape index (κ2) is 11.0. The van der Waals surface area contributed by atoms with Gasteiger partial charge in [0.1, 0.15) is 11.6 Å². The summed E-state index contributed by atoms with van der Waals surface area (Å²) >= 11 is 0. The van der Waals surface area contributed by atoms with Crippen LogP contribution in [0.15, 0.2) is 60.8 Å². The third kappa shape index (κ3) is 5.95. The van der Waals surface area contributed by atoms with Gasteiger partial charge < -0.3 is 25.3 Å². The zero-order chi connectivity index (χ0) is 28.4. The van der Waals surface area contributed by atoms with Gasteiger partial charge in [-0.15, -0.1) is 0 Å². The average molecular weight is 546 g/mol. The molecule has 5 rings (SSSR count). The summed E-state index contributed by atoms with van der Waals surface area (Å²) in [6.07, 6.45) is 2.01. The van der Waals surface area contributed by atoms with Gasteiger partial charge in [0.2, 0.25) is 11.8 Å². The van der Waals surface area contributed by atoms with Crippen LogP contribution in [0.2, 0.25) is 0 Å². The molecule has 3 heterocycles. The number of nitrogens with one attached hydrogen (secondary N) is 3. The van der Waals surface area contributed by atoms with E-state index in [2.05, 4.69) is 15.6 Å². The first-order valence-electron chi connectivity index (χ1n) is 13.6. The topological polar surface area (TPSA) is 124 Å². The molecule has 1 aromatic heterocycles. The first-order valence-corrected chi connectivity index (χ1v) is 13.6. The van der Waals surface area contributed by atoms with Crippen molar-refractivity contribution in [2.75, 3.05) is 6.54 Å². The molecule has 3 atom stereocenters. The summed E-state index contributed by atoms with van der Waals surface area (Å²) in [5.41, 5.74) is 1.95. The van der Waals surface area contributed by atoms with Crippen molar-refractivity contribution in [3.63, 3.8) is 0 Å². The van der Waals surface area contributed by atoms with Crippen LogP contribution in [-0.2, 0) is 27.3 Å². The molecule has 0 spiro atoms. The Hall–Kier alpha value is -4.34. The Bertz CT molecular complexity index is 1410. The molecule has 0 saturated carbocycles. The number of hydrogen-bond acceptors (Lipinski definition) is 5. The summed E-state index contributed by atoms with van der Waals surface area (Å²) in [7, 11) is 0. The summed E-state index contributed by atoms with van der Waals surface area (Å²) in [5.74, 6) is -0.659. The highest BCUT2D eigenvalue weighted by molar-refractivity contribution is 5.98. The van der Waals surface area contributed by atoms with Crippen molar-refractivity contribution >= 4 is 34.8 Å². The van der Waals surface area contributed by atoms with E-state index < -0.39 is 35.7 Å². The van der Waals surface area contributed by atoms with E-state index in [9.17, 15) is 19.2 Å². The van der Waals surface area contributed by atoms with Crippen molar-refractivity contribution in [1.82, 2.24) is 25.4 Å². The van der Waals surface area contributed by atoms with Crippen LogP contribution >= 0.6 is 0 Å². The minimum Gasteiger partial charge on any atom is -0.444 e. The molecule has 10 heteroatoms. The summed E-state index contributed by atoms with van der Waals surface area (Å²) in [4.78, 5) is 58.7. The number of fused-ring (bicyclic) bond motifs is 2. The van der Waals surface area contributed by atoms with E-state index >= 15 is 0 Å². The zero-order valence-corrected chi connectivity index (χ0v) is 23.0. The summed E-state index contributed by atoms with van der Waals surface area (Å²) in [5, 5.41) is 6.72. The van der Waals surface area contributed by atoms with Gasteiger partial charge >= 0.3 is 12.1 Å². The number of aromatic amines is 1. The van der Waals surface area contributed by atoms with Gasteiger partial charge in [0.25, 0.3) is 0 Å². The lowest BCUT2D eigenvalue weighted by Gasteiger charge is -2.38. The Morgan fingerprint density at radius 3 is 2.55 bits per heavy atom. The Balaban J connectivity index is 1.30. The Morgan fingerprint density at radius 2 is 1.80 bits per heavy atom. The number of hydrogen-bond donors (Lipinski definition) is 3. The molecule has 10 nitrogen and oxygen atoms in total. The highest BCUT2D eigenvalue weighted by atomic mass is 16.6. The lowest BCUT2D eigenvalue weighted by molar-refractivity contribution is -0.133. The van der Waals surface area contributed by atoms with Gasteiger partial charge in [-0.05, 0) is 44.4 Å². The van der Waals surface area contributed by atoms with Gasteiger partial charge in [0.05, 0.1) is 18.6 Å². The second-order valence-corrected chi connectivity index (χ2v) is 11.4. The normalized spacial score (nSPS) is 19.9. The lowest BCUT2D eigenvalue weighted by atomic mass is 10.0. The summed E-state index contributed by atoms with van der Waals surface area (Å²) < 4.78 is 5.43. The molecule has 2 aliphatic rings. The number of aromatic nitrogens is 1. The molecule has 2 aliphatic heterocycles. The molecule has 0 unspecified atom stereocenters. The van der Waals surface area contributed by atoms with Crippen LogP contribution in [0.1, 0.15) is 44.7 Å². The van der Waals surface area contributed by atoms with Crippen molar-refractivity contribution in [2.45, 2.75) is 70.3 Å². The molecule has 0 radical (unpaired) electrons. The maximum absolute atomic E-state index is 13.6. The Labute approximate surface area is 233 Å². The van der Waals surface area contributed by atoms with Crippen molar-refractivity contribution in [3.05, 3.63) is 71.9 Å². The number of amides is 5. The molecule has 2 saturated heterocycles. The molecule has 0 aliphatic carbocycles. The number of urea groups is 1. The van der Waals surface area contributed by atoms with E-state index in [4.69, 9.17) is 4.74 Å². The van der Waals surface area contributed by atoms with Crippen molar-refractivity contribution in [3.8, 4) is 0 Å². The van der Waals surface area contributed by atoms with Crippen LogP contribution in [0, 0.1) is 0 Å². The number of carbonyl (C=O) groups excluding carboxylic acids is 4. The average Bonchev–Trinajstić information content (AvgIpc) is 3.50. The predicted molar refractivity (Wildman–Crippen MR) is 149 cm³/mol.